The molecule has 2 N–H and O–H groups in total. The molecule has 80 valence electrons. The molecular formula is C13H10ClNO. The fourth-order valence-electron chi connectivity index (χ4n) is 1.98. The average Bonchev–Trinajstić information content (AvgIpc) is 2.29. The molecular weight excluding hydrogens is 222 g/mol. The quantitative estimate of drug-likeness (QED) is 0.558. The van der Waals surface area contributed by atoms with E-state index in [0.29, 0.717) is 0 Å². The Kier molecular flexibility index (Phi) is 1.96. The van der Waals surface area contributed by atoms with E-state index >= 15 is 0 Å². The molecule has 1 heterocycles. The standard InChI is InChI=1S/C13H10ClNO/c14-13(15)9-5-1-3-7-11(9)16-12-8-4-2-6-10(12)13/h1-8H,15H2. The summed E-state index contributed by atoms with van der Waals surface area (Å²) in [6.45, 7) is 0. The van der Waals surface area contributed by atoms with Crippen LogP contribution in [0.25, 0.3) is 0 Å². The van der Waals surface area contributed by atoms with E-state index in [0.717, 1.165) is 22.6 Å². The van der Waals surface area contributed by atoms with Crippen molar-refractivity contribution in [3.05, 3.63) is 59.7 Å². The Morgan fingerprint density at radius 2 is 1.31 bits per heavy atom. The number of hydrogen-bond donors (Lipinski definition) is 1. The van der Waals surface area contributed by atoms with Gasteiger partial charge in [0.2, 0.25) is 0 Å². The van der Waals surface area contributed by atoms with Crippen molar-refractivity contribution in [1.29, 1.82) is 0 Å². The fourth-order valence-corrected chi connectivity index (χ4v) is 2.29. The second-order valence-electron chi connectivity index (χ2n) is 3.81. The maximum Gasteiger partial charge on any atom is 0.149 e. The zero-order valence-electron chi connectivity index (χ0n) is 8.48. The van der Waals surface area contributed by atoms with E-state index in [2.05, 4.69) is 0 Å². The molecule has 3 heteroatoms. The first-order chi connectivity index (χ1) is 7.69. The molecule has 1 aliphatic heterocycles. The monoisotopic (exact) mass is 231 g/mol. The van der Waals surface area contributed by atoms with Gasteiger partial charge < -0.3 is 10.5 Å². The molecule has 1 aliphatic rings. The number of para-hydroxylation sites is 2. The van der Waals surface area contributed by atoms with E-state index in [9.17, 15) is 0 Å². The average molecular weight is 232 g/mol. The minimum absolute atomic E-state index is 0.721. The molecule has 0 unspecified atom stereocenters. The zero-order valence-corrected chi connectivity index (χ0v) is 9.24. The molecule has 0 aromatic heterocycles. The van der Waals surface area contributed by atoms with E-state index in [1.807, 2.05) is 48.5 Å². The Labute approximate surface area is 98.6 Å². The van der Waals surface area contributed by atoms with Crippen LogP contribution in [0, 0.1) is 0 Å². The van der Waals surface area contributed by atoms with Crippen molar-refractivity contribution in [1.82, 2.24) is 0 Å². The van der Waals surface area contributed by atoms with Gasteiger partial charge in [-0.15, -0.1) is 0 Å². The number of alkyl halides is 1. The number of nitrogens with two attached hydrogens (primary N) is 1. The smallest absolute Gasteiger partial charge is 0.149 e. The van der Waals surface area contributed by atoms with E-state index in [1.54, 1.807) is 0 Å². The highest BCUT2D eigenvalue weighted by Crippen LogP contribution is 2.46. The van der Waals surface area contributed by atoms with Gasteiger partial charge in [0.05, 0.1) is 0 Å². The molecule has 0 atom stereocenters. The number of fused-ring (bicyclic) bond motifs is 2. The minimum atomic E-state index is -1.01. The first-order valence-corrected chi connectivity index (χ1v) is 5.42. The second-order valence-corrected chi connectivity index (χ2v) is 4.40. The summed E-state index contributed by atoms with van der Waals surface area (Å²) in [6.07, 6.45) is 0. The van der Waals surface area contributed by atoms with Gasteiger partial charge in [-0.05, 0) is 12.1 Å². The van der Waals surface area contributed by atoms with Gasteiger partial charge in [0.1, 0.15) is 16.5 Å². The van der Waals surface area contributed by atoms with Crippen molar-refractivity contribution < 1.29 is 4.74 Å². The van der Waals surface area contributed by atoms with Gasteiger partial charge in [0.25, 0.3) is 0 Å². The first kappa shape index (κ1) is 9.70. The Morgan fingerprint density at radius 3 is 1.81 bits per heavy atom. The van der Waals surface area contributed by atoms with E-state index in [-0.39, 0.29) is 0 Å². The van der Waals surface area contributed by atoms with Gasteiger partial charge in [-0.3, -0.25) is 0 Å². The van der Waals surface area contributed by atoms with Crippen LogP contribution in [0.4, 0.5) is 0 Å². The van der Waals surface area contributed by atoms with Crippen molar-refractivity contribution in [3.63, 3.8) is 0 Å². The highest BCUT2D eigenvalue weighted by atomic mass is 35.5. The molecule has 0 aliphatic carbocycles. The van der Waals surface area contributed by atoms with Gasteiger partial charge in [-0.2, -0.15) is 0 Å². The lowest BCUT2D eigenvalue weighted by Crippen LogP contribution is -2.34. The summed E-state index contributed by atoms with van der Waals surface area (Å²) in [6, 6.07) is 15.1. The Morgan fingerprint density at radius 1 is 0.875 bits per heavy atom. The topological polar surface area (TPSA) is 35.2 Å². The minimum Gasteiger partial charge on any atom is -0.457 e. The third-order valence-corrected chi connectivity index (χ3v) is 3.19. The van der Waals surface area contributed by atoms with Crippen LogP contribution in [0.15, 0.2) is 48.5 Å². The summed E-state index contributed by atoms with van der Waals surface area (Å²) in [4.78, 5) is -1.01. The molecule has 2 aromatic rings. The van der Waals surface area contributed by atoms with Gasteiger partial charge in [0, 0.05) is 11.1 Å². The largest absolute Gasteiger partial charge is 0.457 e. The summed E-state index contributed by atoms with van der Waals surface area (Å²) < 4.78 is 5.75. The van der Waals surface area contributed by atoms with Crippen molar-refractivity contribution in [2.75, 3.05) is 0 Å². The van der Waals surface area contributed by atoms with Gasteiger partial charge in [0.15, 0.2) is 0 Å². The third kappa shape index (κ3) is 1.24. The molecule has 16 heavy (non-hydrogen) atoms. The van der Waals surface area contributed by atoms with E-state index in [1.165, 1.54) is 0 Å². The summed E-state index contributed by atoms with van der Waals surface area (Å²) in [5.74, 6) is 1.44. The highest BCUT2D eigenvalue weighted by Gasteiger charge is 2.36. The van der Waals surface area contributed by atoms with Crippen LogP contribution in [-0.2, 0) is 5.00 Å². The molecule has 0 amide bonds. The van der Waals surface area contributed by atoms with Crippen molar-refractivity contribution >= 4 is 11.6 Å². The molecule has 3 rings (SSSR count). The Bertz CT molecular complexity index is 504. The van der Waals surface area contributed by atoms with Crippen molar-refractivity contribution in [3.8, 4) is 11.5 Å². The Hall–Kier alpha value is -1.51. The Balaban J connectivity index is 2.28. The maximum atomic E-state index is 6.43. The lowest BCUT2D eigenvalue weighted by Gasteiger charge is -2.31. The number of ether oxygens (including phenoxy) is 1. The van der Waals surface area contributed by atoms with Gasteiger partial charge in [-0.25, -0.2) is 0 Å². The SMILES string of the molecule is NC1(Cl)c2ccccc2Oc2ccccc21. The molecule has 0 radical (unpaired) electrons. The van der Waals surface area contributed by atoms with Crippen LogP contribution in [0.3, 0.4) is 0 Å². The number of halogens is 1. The molecule has 0 bridgehead atoms. The maximum absolute atomic E-state index is 6.43. The third-order valence-electron chi connectivity index (χ3n) is 2.78. The van der Waals surface area contributed by atoms with Crippen LogP contribution in [-0.4, -0.2) is 0 Å². The van der Waals surface area contributed by atoms with Crippen LogP contribution >= 0.6 is 11.6 Å². The number of benzene rings is 2. The fraction of sp³-hybridized carbons (Fsp3) is 0.0769. The molecule has 0 saturated carbocycles. The van der Waals surface area contributed by atoms with Gasteiger partial charge in [-0.1, -0.05) is 48.0 Å². The summed E-state index contributed by atoms with van der Waals surface area (Å²) in [7, 11) is 0. The van der Waals surface area contributed by atoms with Crippen LogP contribution in [0.1, 0.15) is 11.1 Å². The highest BCUT2D eigenvalue weighted by molar-refractivity contribution is 6.26. The predicted octanol–water partition coefficient (Wildman–Crippen LogP) is 3.19. The van der Waals surface area contributed by atoms with Crippen LogP contribution in [0.2, 0.25) is 0 Å². The van der Waals surface area contributed by atoms with Crippen LogP contribution in [0.5, 0.6) is 11.5 Å². The van der Waals surface area contributed by atoms with E-state index < -0.39 is 5.00 Å². The number of hydrogen-bond acceptors (Lipinski definition) is 2. The second kappa shape index (κ2) is 3.24. The normalized spacial score (nSPS) is 15.9. The van der Waals surface area contributed by atoms with Crippen molar-refractivity contribution in [2.45, 2.75) is 5.00 Å². The number of rotatable bonds is 0. The summed E-state index contributed by atoms with van der Waals surface area (Å²) in [5, 5.41) is 0. The molecule has 2 aromatic carbocycles. The summed E-state index contributed by atoms with van der Waals surface area (Å²) in [5.41, 5.74) is 7.79. The lowest BCUT2D eigenvalue weighted by atomic mass is 9.95. The lowest BCUT2D eigenvalue weighted by molar-refractivity contribution is 0.437. The molecule has 0 fully saturated rings. The first-order valence-electron chi connectivity index (χ1n) is 5.04. The predicted molar refractivity (Wildman–Crippen MR) is 63.8 cm³/mol. The van der Waals surface area contributed by atoms with Crippen LogP contribution < -0.4 is 10.5 Å². The molecule has 0 spiro atoms. The van der Waals surface area contributed by atoms with Gasteiger partial charge >= 0.3 is 0 Å². The van der Waals surface area contributed by atoms with E-state index in [4.69, 9.17) is 22.1 Å². The zero-order chi connectivity index (χ0) is 11.2. The summed E-state index contributed by atoms with van der Waals surface area (Å²) >= 11 is 6.43. The molecule has 2 nitrogen and oxygen atoms in total. The van der Waals surface area contributed by atoms with Crippen molar-refractivity contribution in [2.24, 2.45) is 5.73 Å². The molecule has 0 saturated heterocycles.